The maximum atomic E-state index is 10.8. The largest absolute Gasteiger partial charge is 0.504 e. The highest BCUT2D eigenvalue weighted by molar-refractivity contribution is 6.30. The van der Waals surface area contributed by atoms with Crippen molar-refractivity contribution in [2.75, 3.05) is 13.1 Å². The predicted molar refractivity (Wildman–Crippen MR) is 131 cm³/mol. The Bertz CT molecular complexity index is 1330. The van der Waals surface area contributed by atoms with Crippen molar-refractivity contribution in [3.63, 3.8) is 0 Å². The summed E-state index contributed by atoms with van der Waals surface area (Å²) in [7, 11) is 0. The molecule has 0 unspecified atom stereocenters. The van der Waals surface area contributed by atoms with Crippen LogP contribution in [0.5, 0.6) is 11.5 Å². The fraction of sp³-hybridized carbons (Fsp3) is 0.414. The van der Waals surface area contributed by atoms with Gasteiger partial charge in [0.1, 0.15) is 0 Å². The molecule has 3 heterocycles. The fourth-order valence-corrected chi connectivity index (χ4v) is 7.74. The van der Waals surface area contributed by atoms with Gasteiger partial charge in [-0.25, -0.2) is 0 Å². The number of aromatic hydroxyl groups is 1. The van der Waals surface area contributed by atoms with Crippen LogP contribution in [0.3, 0.4) is 0 Å². The normalized spacial score (nSPS) is 30.4. The highest BCUT2D eigenvalue weighted by atomic mass is 35.5. The molecule has 4 atom stereocenters. The van der Waals surface area contributed by atoms with Crippen LogP contribution in [0.25, 0.3) is 11.1 Å². The Balaban J connectivity index is 1.29. The molecule has 1 aromatic heterocycles. The molecule has 5 aliphatic rings. The van der Waals surface area contributed by atoms with Gasteiger partial charge in [-0.1, -0.05) is 29.8 Å². The number of phenolic OH excluding ortho intramolecular Hbond substituents is 1. The van der Waals surface area contributed by atoms with E-state index >= 15 is 0 Å². The van der Waals surface area contributed by atoms with E-state index in [-0.39, 0.29) is 17.3 Å². The van der Waals surface area contributed by atoms with Crippen LogP contribution in [0.4, 0.5) is 0 Å². The van der Waals surface area contributed by atoms with Crippen LogP contribution in [0.1, 0.15) is 47.8 Å². The van der Waals surface area contributed by atoms with Crippen molar-refractivity contribution in [3.8, 4) is 22.6 Å². The highest BCUT2D eigenvalue weighted by Gasteiger charge is 2.65. The Morgan fingerprint density at radius 3 is 2.74 bits per heavy atom. The Kier molecular flexibility index (Phi) is 3.92. The topological polar surface area (TPSA) is 45.6 Å². The van der Waals surface area contributed by atoms with E-state index in [0.29, 0.717) is 12.0 Å². The number of nitrogens with zero attached hydrogens (tertiary/aromatic N) is 2. The third-order valence-corrected chi connectivity index (χ3v) is 9.54. The fourth-order valence-electron chi connectivity index (χ4n) is 7.61. The molecule has 0 radical (unpaired) electrons. The van der Waals surface area contributed by atoms with E-state index in [0.717, 1.165) is 59.3 Å². The summed E-state index contributed by atoms with van der Waals surface area (Å²) in [6.45, 7) is 2.35. The van der Waals surface area contributed by atoms with Crippen LogP contribution in [0.15, 0.2) is 48.7 Å². The maximum absolute atomic E-state index is 10.8. The first-order valence-corrected chi connectivity index (χ1v) is 13.0. The van der Waals surface area contributed by atoms with E-state index in [9.17, 15) is 5.11 Å². The summed E-state index contributed by atoms with van der Waals surface area (Å²) < 4.78 is 6.68. The van der Waals surface area contributed by atoms with Crippen molar-refractivity contribution in [3.05, 3.63) is 76.1 Å². The van der Waals surface area contributed by atoms with Crippen molar-refractivity contribution in [1.82, 2.24) is 9.88 Å². The lowest BCUT2D eigenvalue weighted by atomic mass is 9.51. The van der Waals surface area contributed by atoms with Crippen molar-refractivity contribution >= 4 is 11.6 Å². The summed E-state index contributed by atoms with van der Waals surface area (Å²) in [5.74, 6) is 2.36. The zero-order chi connectivity index (χ0) is 22.6. The molecule has 34 heavy (non-hydrogen) atoms. The molecule has 1 saturated carbocycles. The number of pyridine rings is 1. The number of phenols is 1. The molecule has 1 spiro atoms. The second-order valence-corrected chi connectivity index (χ2v) is 11.5. The third kappa shape index (κ3) is 2.56. The van der Waals surface area contributed by atoms with Crippen molar-refractivity contribution in [2.24, 2.45) is 11.8 Å². The zero-order valence-electron chi connectivity index (χ0n) is 19.0. The van der Waals surface area contributed by atoms with E-state index in [1.54, 1.807) is 0 Å². The maximum Gasteiger partial charge on any atom is 0.166 e. The third-order valence-electron chi connectivity index (χ3n) is 9.29. The van der Waals surface area contributed by atoms with Crippen LogP contribution >= 0.6 is 11.6 Å². The first-order valence-electron chi connectivity index (χ1n) is 12.6. The molecule has 3 aromatic rings. The number of benzene rings is 2. The van der Waals surface area contributed by atoms with E-state index in [1.165, 1.54) is 36.1 Å². The molecule has 0 amide bonds. The molecular weight excluding hydrogens is 444 g/mol. The Morgan fingerprint density at radius 1 is 1.06 bits per heavy atom. The van der Waals surface area contributed by atoms with Crippen LogP contribution < -0.4 is 4.74 Å². The van der Waals surface area contributed by atoms with Gasteiger partial charge in [0.25, 0.3) is 0 Å². The summed E-state index contributed by atoms with van der Waals surface area (Å²) >= 11 is 6.13. The van der Waals surface area contributed by atoms with Gasteiger partial charge in [0.15, 0.2) is 17.6 Å². The van der Waals surface area contributed by atoms with E-state index in [4.69, 9.17) is 21.3 Å². The number of halogens is 1. The van der Waals surface area contributed by atoms with E-state index < -0.39 is 0 Å². The minimum Gasteiger partial charge on any atom is -0.504 e. The first-order chi connectivity index (χ1) is 16.6. The lowest BCUT2D eigenvalue weighted by molar-refractivity contribution is -0.0378. The van der Waals surface area contributed by atoms with Gasteiger partial charge in [0, 0.05) is 40.3 Å². The van der Waals surface area contributed by atoms with Crippen LogP contribution in [-0.2, 0) is 18.3 Å². The Labute approximate surface area is 204 Å². The molecule has 8 rings (SSSR count). The lowest BCUT2D eigenvalue weighted by Gasteiger charge is -2.58. The molecular formula is C29H27ClN2O2. The van der Waals surface area contributed by atoms with Gasteiger partial charge in [0.2, 0.25) is 0 Å². The van der Waals surface area contributed by atoms with E-state index in [1.807, 2.05) is 24.4 Å². The molecule has 2 bridgehead atoms. The Morgan fingerprint density at radius 2 is 1.91 bits per heavy atom. The van der Waals surface area contributed by atoms with Gasteiger partial charge < -0.3 is 9.84 Å². The number of aromatic nitrogens is 1. The summed E-state index contributed by atoms with van der Waals surface area (Å²) in [6.07, 6.45) is 7.78. The number of ether oxygens (including phenoxy) is 1. The standard InChI is InChI=1S/C29H27ClN2O2/c30-21-6-3-17(4-7-21)20-11-19-12-22-23-13-18-5-8-24(33)27-25(18)29(22,28(34-27)26(19)31-14-20)9-10-32(23)15-16-1-2-16/h3-8,11,14,16,22-23,28,33H,1-2,9-10,12-13,15H2/t22-,23-,28-,29-/m0/s1. The van der Waals surface area contributed by atoms with Gasteiger partial charge in [-0.3, -0.25) is 9.88 Å². The summed E-state index contributed by atoms with van der Waals surface area (Å²) in [6, 6.07) is 14.8. The predicted octanol–water partition coefficient (Wildman–Crippen LogP) is 5.69. The Hall–Kier alpha value is -2.56. The molecule has 2 aliphatic heterocycles. The summed E-state index contributed by atoms with van der Waals surface area (Å²) in [5.41, 5.74) is 7.21. The SMILES string of the molecule is Oc1ccc2c3c1O[C@H]1c4ncc(-c5ccc(Cl)cc5)cc4C[C@H]4[C@H](C2)N(CC2CC2)CC[C@]314. The number of piperidine rings is 1. The molecule has 5 heteroatoms. The number of hydrogen-bond acceptors (Lipinski definition) is 4. The molecule has 3 aliphatic carbocycles. The molecule has 2 fully saturated rings. The van der Waals surface area contributed by atoms with Crippen molar-refractivity contribution in [1.29, 1.82) is 0 Å². The quantitative estimate of drug-likeness (QED) is 0.534. The second kappa shape index (κ2) is 6.77. The number of hydrogen-bond donors (Lipinski definition) is 1. The summed E-state index contributed by atoms with van der Waals surface area (Å²) in [4.78, 5) is 7.82. The average molecular weight is 471 g/mol. The average Bonchev–Trinajstić information content (AvgIpc) is 3.59. The van der Waals surface area contributed by atoms with Crippen LogP contribution in [0, 0.1) is 11.8 Å². The number of likely N-dealkylation sites (tertiary alicyclic amines) is 1. The molecule has 2 aromatic carbocycles. The number of fused-ring (bicyclic) bond motifs is 2. The van der Waals surface area contributed by atoms with Crippen molar-refractivity contribution < 1.29 is 9.84 Å². The second-order valence-electron chi connectivity index (χ2n) is 11.0. The lowest BCUT2D eigenvalue weighted by Crippen LogP contribution is -2.63. The van der Waals surface area contributed by atoms with E-state index in [2.05, 4.69) is 29.2 Å². The molecule has 1 N–H and O–H groups in total. The minimum atomic E-state index is -0.117. The van der Waals surface area contributed by atoms with Gasteiger partial charge >= 0.3 is 0 Å². The summed E-state index contributed by atoms with van der Waals surface area (Å²) in [5, 5.41) is 11.5. The first kappa shape index (κ1) is 19.7. The van der Waals surface area contributed by atoms with Gasteiger partial charge in [-0.15, -0.1) is 0 Å². The van der Waals surface area contributed by atoms with Crippen LogP contribution in [-0.4, -0.2) is 34.1 Å². The highest BCUT2D eigenvalue weighted by Crippen LogP contribution is 2.67. The van der Waals surface area contributed by atoms with Gasteiger partial charge in [0.05, 0.1) is 5.69 Å². The molecule has 4 nitrogen and oxygen atoms in total. The smallest absolute Gasteiger partial charge is 0.166 e. The minimum absolute atomic E-state index is 0.0752. The van der Waals surface area contributed by atoms with Gasteiger partial charge in [-0.05, 0) is 91.4 Å². The molecule has 172 valence electrons. The monoisotopic (exact) mass is 470 g/mol. The zero-order valence-corrected chi connectivity index (χ0v) is 19.8. The van der Waals surface area contributed by atoms with Crippen LogP contribution in [0.2, 0.25) is 5.02 Å². The van der Waals surface area contributed by atoms with Gasteiger partial charge in [-0.2, -0.15) is 0 Å². The van der Waals surface area contributed by atoms with Crippen molar-refractivity contribution in [2.45, 2.75) is 49.7 Å². The molecule has 1 saturated heterocycles. The number of rotatable bonds is 3.